The third-order valence-corrected chi connectivity index (χ3v) is 2.40. The lowest BCUT2D eigenvalue weighted by Gasteiger charge is -2.08. The van der Waals surface area contributed by atoms with Gasteiger partial charge in [-0.25, -0.2) is 0 Å². The van der Waals surface area contributed by atoms with Crippen LogP contribution in [0.5, 0.6) is 0 Å². The highest BCUT2D eigenvalue weighted by Crippen LogP contribution is 2.08. The number of rotatable bonds is 3. The second kappa shape index (κ2) is 4.36. The standard InChI is InChI=1S/C10H13N3O3/c11-4-7-1-2-8(16-7)10(15)13-6-3-9(14)12-5-6/h1-2,6H,3-5,11H2,(H,12,14)(H,13,15). The molecule has 86 valence electrons. The van der Waals surface area contributed by atoms with Crippen LogP contribution < -0.4 is 16.4 Å². The SMILES string of the molecule is NCc1ccc(C(=O)NC2CNC(=O)C2)o1. The normalized spacial score (nSPS) is 19.6. The summed E-state index contributed by atoms with van der Waals surface area (Å²) in [5.74, 6) is 0.416. The Morgan fingerprint density at radius 3 is 3.00 bits per heavy atom. The van der Waals surface area contributed by atoms with Gasteiger partial charge in [0.1, 0.15) is 5.76 Å². The molecule has 2 rings (SSSR count). The Kier molecular flexibility index (Phi) is 2.91. The molecule has 16 heavy (non-hydrogen) atoms. The van der Waals surface area contributed by atoms with Crippen molar-refractivity contribution < 1.29 is 14.0 Å². The molecule has 0 aliphatic carbocycles. The molecule has 0 bridgehead atoms. The minimum Gasteiger partial charge on any atom is -0.455 e. The molecular weight excluding hydrogens is 210 g/mol. The lowest BCUT2D eigenvalue weighted by Crippen LogP contribution is -2.35. The summed E-state index contributed by atoms with van der Waals surface area (Å²) in [5.41, 5.74) is 5.36. The van der Waals surface area contributed by atoms with Crippen molar-refractivity contribution in [1.82, 2.24) is 10.6 Å². The third-order valence-electron chi connectivity index (χ3n) is 2.40. The van der Waals surface area contributed by atoms with E-state index in [0.717, 1.165) is 0 Å². The summed E-state index contributed by atoms with van der Waals surface area (Å²) in [6.07, 6.45) is 0.316. The summed E-state index contributed by atoms with van der Waals surface area (Å²) in [5, 5.41) is 5.34. The van der Waals surface area contributed by atoms with Crippen LogP contribution in [0, 0.1) is 0 Å². The van der Waals surface area contributed by atoms with Crippen LogP contribution in [0.25, 0.3) is 0 Å². The monoisotopic (exact) mass is 223 g/mol. The van der Waals surface area contributed by atoms with Gasteiger partial charge in [0.05, 0.1) is 12.6 Å². The maximum atomic E-state index is 11.7. The molecule has 0 spiro atoms. The van der Waals surface area contributed by atoms with Gasteiger partial charge in [-0.3, -0.25) is 9.59 Å². The van der Waals surface area contributed by atoms with Crippen molar-refractivity contribution in [3.63, 3.8) is 0 Å². The van der Waals surface area contributed by atoms with Gasteiger partial charge in [0, 0.05) is 13.0 Å². The molecule has 0 radical (unpaired) electrons. The first kappa shape index (κ1) is 10.7. The van der Waals surface area contributed by atoms with Crippen LogP contribution in [0.3, 0.4) is 0 Å². The molecular formula is C10H13N3O3. The molecule has 2 amide bonds. The molecule has 4 N–H and O–H groups in total. The van der Waals surface area contributed by atoms with Crippen molar-refractivity contribution in [2.24, 2.45) is 5.73 Å². The summed E-state index contributed by atoms with van der Waals surface area (Å²) < 4.78 is 5.19. The lowest BCUT2D eigenvalue weighted by atomic mass is 10.2. The largest absolute Gasteiger partial charge is 0.455 e. The molecule has 6 nitrogen and oxygen atoms in total. The smallest absolute Gasteiger partial charge is 0.287 e. The van der Waals surface area contributed by atoms with E-state index in [0.29, 0.717) is 18.7 Å². The van der Waals surface area contributed by atoms with Gasteiger partial charge < -0.3 is 20.8 Å². The fourth-order valence-electron chi connectivity index (χ4n) is 1.57. The Hall–Kier alpha value is -1.82. The predicted octanol–water partition coefficient (Wildman–Crippen LogP) is -0.643. The first-order chi connectivity index (χ1) is 7.69. The zero-order valence-electron chi connectivity index (χ0n) is 8.66. The minimum absolute atomic E-state index is 0.0487. The number of nitrogens with one attached hydrogen (secondary N) is 2. The summed E-state index contributed by atoms with van der Waals surface area (Å²) in [6.45, 7) is 0.728. The van der Waals surface area contributed by atoms with Crippen LogP contribution in [0.15, 0.2) is 16.5 Å². The van der Waals surface area contributed by atoms with Gasteiger partial charge >= 0.3 is 0 Å². The highest BCUT2D eigenvalue weighted by Gasteiger charge is 2.24. The number of furan rings is 1. The summed E-state index contributed by atoms with van der Waals surface area (Å²) in [6, 6.07) is 3.07. The average Bonchev–Trinajstić information content (AvgIpc) is 2.87. The average molecular weight is 223 g/mol. The number of nitrogens with two attached hydrogens (primary N) is 1. The van der Waals surface area contributed by atoms with Crippen LogP contribution in [-0.4, -0.2) is 24.4 Å². The van der Waals surface area contributed by atoms with E-state index >= 15 is 0 Å². The van der Waals surface area contributed by atoms with E-state index < -0.39 is 0 Å². The van der Waals surface area contributed by atoms with Gasteiger partial charge in [-0.1, -0.05) is 0 Å². The van der Waals surface area contributed by atoms with Crippen LogP contribution in [0.4, 0.5) is 0 Å². The van der Waals surface area contributed by atoms with E-state index in [1.165, 1.54) is 0 Å². The Morgan fingerprint density at radius 1 is 1.62 bits per heavy atom. The van der Waals surface area contributed by atoms with Crippen molar-refractivity contribution >= 4 is 11.8 Å². The number of carbonyl (C=O) groups excluding carboxylic acids is 2. The van der Waals surface area contributed by atoms with Crippen LogP contribution >= 0.6 is 0 Å². The van der Waals surface area contributed by atoms with Crippen molar-refractivity contribution in [3.05, 3.63) is 23.7 Å². The van der Waals surface area contributed by atoms with Gasteiger partial charge in [0.15, 0.2) is 5.76 Å². The zero-order chi connectivity index (χ0) is 11.5. The van der Waals surface area contributed by atoms with Crippen molar-refractivity contribution in [2.45, 2.75) is 19.0 Å². The molecule has 1 saturated heterocycles. The molecule has 1 unspecified atom stereocenters. The van der Waals surface area contributed by atoms with Crippen molar-refractivity contribution in [3.8, 4) is 0 Å². The number of hydrogen-bond acceptors (Lipinski definition) is 4. The van der Waals surface area contributed by atoms with Crippen molar-refractivity contribution in [1.29, 1.82) is 0 Å². The van der Waals surface area contributed by atoms with E-state index in [2.05, 4.69) is 10.6 Å². The van der Waals surface area contributed by atoms with Gasteiger partial charge in [-0.05, 0) is 12.1 Å². The maximum Gasteiger partial charge on any atom is 0.287 e. The van der Waals surface area contributed by atoms with Gasteiger partial charge in [0.25, 0.3) is 5.91 Å². The first-order valence-corrected chi connectivity index (χ1v) is 5.05. The van der Waals surface area contributed by atoms with E-state index in [9.17, 15) is 9.59 Å². The molecule has 6 heteroatoms. The van der Waals surface area contributed by atoms with E-state index in [1.54, 1.807) is 12.1 Å². The highest BCUT2D eigenvalue weighted by atomic mass is 16.4. The minimum atomic E-state index is -0.318. The summed E-state index contributed by atoms with van der Waals surface area (Å²) >= 11 is 0. The predicted molar refractivity (Wildman–Crippen MR) is 55.5 cm³/mol. The molecule has 1 aromatic heterocycles. The molecule has 0 saturated carbocycles. The quantitative estimate of drug-likeness (QED) is 0.634. The second-order valence-electron chi connectivity index (χ2n) is 3.65. The second-order valence-corrected chi connectivity index (χ2v) is 3.65. The maximum absolute atomic E-state index is 11.7. The number of hydrogen-bond donors (Lipinski definition) is 3. The van der Waals surface area contributed by atoms with Crippen LogP contribution in [0.1, 0.15) is 22.7 Å². The zero-order valence-corrected chi connectivity index (χ0v) is 8.66. The van der Waals surface area contributed by atoms with Crippen LogP contribution in [-0.2, 0) is 11.3 Å². The molecule has 2 heterocycles. The van der Waals surface area contributed by atoms with Crippen LogP contribution in [0.2, 0.25) is 0 Å². The Balaban J connectivity index is 1.95. The molecule has 1 atom stereocenters. The first-order valence-electron chi connectivity index (χ1n) is 5.05. The molecule has 1 aliphatic rings. The summed E-state index contributed by atoms with van der Waals surface area (Å²) in [7, 11) is 0. The topological polar surface area (TPSA) is 97.4 Å². The molecule has 0 aromatic carbocycles. The van der Waals surface area contributed by atoms with Crippen molar-refractivity contribution in [2.75, 3.05) is 6.54 Å². The van der Waals surface area contributed by atoms with Gasteiger partial charge in [0.2, 0.25) is 5.91 Å². The molecule has 1 aromatic rings. The third kappa shape index (κ3) is 2.22. The Labute approximate surface area is 92.2 Å². The van der Waals surface area contributed by atoms with E-state index in [1.807, 2.05) is 0 Å². The number of carbonyl (C=O) groups is 2. The number of amides is 2. The lowest BCUT2D eigenvalue weighted by molar-refractivity contribution is -0.119. The van der Waals surface area contributed by atoms with E-state index in [-0.39, 0.29) is 30.2 Å². The fourth-order valence-corrected chi connectivity index (χ4v) is 1.57. The molecule has 1 aliphatic heterocycles. The Bertz CT molecular complexity index is 413. The van der Waals surface area contributed by atoms with Gasteiger partial charge in [-0.15, -0.1) is 0 Å². The Morgan fingerprint density at radius 2 is 2.44 bits per heavy atom. The highest BCUT2D eigenvalue weighted by molar-refractivity contribution is 5.92. The van der Waals surface area contributed by atoms with Gasteiger partial charge in [-0.2, -0.15) is 0 Å². The fraction of sp³-hybridized carbons (Fsp3) is 0.400. The summed E-state index contributed by atoms with van der Waals surface area (Å²) in [4.78, 5) is 22.6. The van der Waals surface area contributed by atoms with E-state index in [4.69, 9.17) is 10.2 Å². The molecule has 1 fully saturated rings.